The predicted octanol–water partition coefficient (Wildman–Crippen LogP) is 1.09. The summed E-state index contributed by atoms with van der Waals surface area (Å²) < 4.78 is 10.9. The lowest BCUT2D eigenvalue weighted by Crippen LogP contribution is -2.11. The van der Waals surface area contributed by atoms with Gasteiger partial charge >= 0.3 is 11.9 Å². The van der Waals surface area contributed by atoms with E-state index in [2.05, 4.69) is 9.72 Å². The van der Waals surface area contributed by atoms with Crippen molar-refractivity contribution in [2.45, 2.75) is 6.54 Å². The normalized spacial score (nSPS) is 10.2. The van der Waals surface area contributed by atoms with E-state index in [-0.39, 0.29) is 0 Å². The highest BCUT2D eigenvalue weighted by atomic mass is 16.5. The van der Waals surface area contributed by atoms with Gasteiger partial charge in [-0.1, -0.05) is 0 Å². The molecule has 0 amide bonds. The fourth-order valence-electron chi connectivity index (χ4n) is 1.87. The number of carbonyl (C=O) groups is 2. The molecule has 0 atom stereocenters. The van der Waals surface area contributed by atoms with Crippen molar-refractivity contribution in [1.29, 1.82) is 0 Å². The second-order valence-corrected chi connectivity index (χ2v) is 4.31. The molecular formula is C14H15N3O4. The van der Waals surface area contributed by atoms with Crippen LogP contribution < -0.4 is 5.73 Å². The van der Waals surface area contributed by atoms with Gasteiger partial charge in [0, 0.05) is 12.4 Å². The standard InChI is InChI=1S/C14H15N3O4/c1-20-13(18)9-3-4-11(16-6-9)8-17-7-10(15)5-12(17)14(19)21-2/h3-7H,8,15H2,1-2H3. The summed E-state index contributed by atoms with van der Waals surface area (Å²) in [6.07, 6.45) is 3.05. The Morgan fingerprint density at radius 1 is 1.24 bits per heavy atom. The van der Waals surface area contributed by atoms with Crippen LogP contribution >= 0.6 is 0 Å². The van der Waals surface area contributed by atoms with Gasteiger partial charge in [0.15, 0.2) is 0 Å². The first-order chi connectivity index (χ1) is 10.0. The molecule has 0 radical (unpaired) electrons. The Morgan fingerprint density at radius 3 is 2.52 bits per heavy atom. The van der Waals surface area contributed by atoms with Crippen LogP contribution in [-0.2, 0) is 16.0 Å². The van der Waals surface area contributed by atoms with Crippen LogP contribution in [0.4, 0.5) is 5.69 Å². The average Bonchev–Trinajstić information content (AvgIpc) is 2.87. The third-order valence-corrected chi connectivity index (χ3v) is 2.89. The number of pyridine rings is 1. The number of esters is 2. The van der Waals surface area contributed by atoms with Gasteiger partial charge in [-0.2, -0.15) is 0 Å². The summed E-state index contributed by atoms with van der Waals surface area (Å²) in [6.45, 7) is 0.336. The Labute approximate surface area is 121 Å². The smallest absolute Gasteiger partial charge is 0.354 e. The average molecular weight is 289 g/mol. The van der Waals surface area contributed by atoms with Crippen LogP contribution in [0.3, 0.4) is 0 Å². The summed E-state index contributed by atoms with van der Waals surface area (Å²) in [5.74, 6) is -0.924. The Morgan fingerprint density at radius 2 is 1.95 bits per heavy atom. The Balaban J connectivity index is 2.22. The van der Waals surface area contributed by atoms with Crippen molar-refractivity contribution in [1.82, 2.24) is 9.55 Å². The van der Waals surface area contributed by atoms with Crippen molar-refractivity contribution in [3.63, 3.8) is 0 Å². The monoisotopic (exact) mass is 289 g/mol. The zero-order valence-corrected chi connectivity index (χ0v) is 11.7. The Kier molecular flexibility index (Phi) is 4.22. The summed E-state index contributed by atoms with van der Waals surface area (Å²) in [7, 11) is 2.61. The van der Waals surface area contributed by atoms with Crippen molar-refractivity contribution < 1.29 is 19.1 Å². The SMILES string of the molecule is COC(=O)c1ccc(Cn2cc(N)cc2C(=O)OC)nc1. The molecule has 7 nitrogen and oxygen atoms in total. The third kappa shape index (κ3) is 3.19. The highest BCUT2D eigenvalue weighted by Crippen LogP contribution is 2.14. The first-order valence-corrected chi connectivity index (χ1v) is 6.12. The summed E-state index contributed by atoms with van der Waals surface area (Å²) in [5.41, 5.74) is 7.53. The van der Waals surface area contributed by atoms with Crippen LogP contribution in [0.5, 0.6) is 0 Å². The van der Waals surface area contributed by atoms with E-state index < -0.39 is 11.9 Å². The molecule has 2 N–H and O–H groups in total. The fraction of sp³-hybridized carbons (Fsp3) is 0.214. The third-order valence-electron chi connectivity index (χ3n) is 2.89. The Bertz CT molecular complexity index is 661. The molecule has 110 valence electrons. The lowest BCUT2D eigenvalue weighted by molar-refractivity contribution is 0.0584. The molecule has 0 bridgehead atoms. The Hall–Kier alpha value is -2.83. The van der Waals surface area contributed by atoms with Crippen LogP contribution in [0.2, 0.25) is 0 Å². The van der Waals surface area contributed by atoms with Crippen molar-refractivity contribution in [2.75, 3.05) is 20.0 Å². The summed E-state index contributed by atoms with van der Waals surface area (Å²) in [6, 6.07) is 4.83. The molecule has 21 heavy (non-hydrogen) atoms. The summed E-state index contributed by atoms with van der Waals surface area (Å²) >= 11 is 0. The van der Waals surface area contributed by atoms with E-state index in [1.807, 2.05) is 0 Å². The number of anilines is 1. The maximum Gasteiger partial charge on any atom is 0.354 e. The van der Waals surface area contributed by atoms with Crippen molar-refractivity contribution in [3.05, 3.63) is 47.5 Å². The molecular weight excluding hydrogens is 274 g/mol. The number of ether oxygens (including phenoxy) is 2. The first-order valence-electron chi connectivity index (χ1n) is 6.12. The maximum atomic E-state index is 11.6. The van der Waals surface area contributed by atoms with Gasteiger partial charge in [0.2, 0.25) is 0 Å². The zero-order valence-electron chi connectivity index (χ0n) is 11.7. The maximum absolute atomic E-state index is 11.6. The van der Waals surface area contributed by atoms with Crippen LogP contribution in [0.1, 0.15) is 26.5 Å². The highest BCUT2D eigenvalue weighted by Gasteiger charge is 2.14. The van der Waals surface area contributed by atoms with Gasteiger partial charge in [-0.05, 0) is 18.2 Å². The minimum atomic E-state index is -0.474. The predicted molar refractivity (Wildman–Crippen MR) is 74.9 cm³/mol. The molecule has 0 spiro atoms. The van der Waals surface area contributed by atoms with Crippen molar-refractivity contribution >= 4 is 17.6 Å². The number of aromatic nitrogens is 2. The summed E-state index contributed by atoms with van der Waals surface area (Å²) in [4.78, 5) is 27.1. The number of hydrogen-bond acceptors (Lipinski definition) is 6. The number of carbonyl (C=O) groups excluding carboxylic acids is 2. The number of nitrogens with two attached hydrogens (primary N) is 1. The highest BCUT2D eigenvalue weighted by molar-refractivity contribution is 5.89. The van der Waals surface area contributed by atoms with Crippen LogP contribution in [0, 0.1) is 0 Å². The van der Waals surface area contributed by atoms with E-state index in [0.717, 1.165) is 0 Å². The van der Waals surface area contributed by atoms with Crippen molar-refractivity contribution in [2.24, 2.45) is 0 Å². The molecule has 0 aromatic carbocycles. The van der Waals surface area contributed by atoms with E-state index in [9.17, 15) is 9.59 Å². The van der Waals surface area contributed by atoms with E-state index in [4.69, 9.17) is 10.5 Å². The molecule has 2 aromatic heterocycles. The van der Waals surface area contributed by atoms with Gasteiger partial charge < -0.3 is 19.8 Å². The fourth-order valence-corrected chi connectivity index (χ4v) is 1.87. The number of hydrogen-bond donors (Lipinski definition) is 1. The van der Waals surface area contributed by atoms with Gasteiger partial charge in [0.05, 0.1) is 37.7 Å². The second kappa shape index (κ2) is 6.08. The number of nitrogen functional groups attached to an aromatic ring is 1. The minimum absolute atomic E-state index is 0.336. The van der Waals surface area contributed by atoms with E-state index in [1.165, 1.54) is 26.5 Å². The molecule has 0 saturated heterocycles. The van der Waals surface area contributed by atoms with Gasteiger partial charge in [0.25, 0.3) is 0 Å². The van der Waals surface area contributed by atoms with E-state index in [1.54, 1.807) is 22.9 Å². The molecule has 0 unspecified atom stereocenters. The molecule has 0 aliphatic heterocycles. The second-order valence-electron chi connectivity index (χ2n) is 4.31. The molecule has 2 heterocycles. The molecule has 0 aliphatic rings. The molecule has 2 aromatic rings. The van der Waals surface area contributed by atoms with Crippen molar-refractivity contribution in [3.8, 4) is 0 Å². The summed E-state index contributed by atoms with van der Waals surface area (Å²) in [5, 5.41) is 0. The molecule has 0 fully saturated rings. The molecule has 2 rings (SSSR count). The number of rotatable bonds is 4. The van der Waals surface area contributed by atoms with Crippen LogP contribution in [0.25, 0.3) is 0 Å². The van der Waals surface area contributed by atoms with Gasteiger partial charge in [-0.3, -0.25) is 4.98 Å². The quantitative estimate of drug-likeness (QED) is 0.846. The topological polar surface area (TPSA) is 96.4 Å². The van der Waals surface area contributed by atoms with E-state index in [0.29, 0.717) is 29.2 Å². The molecule has 0 aliphatic carbocycles. The van der Waals surface area contributed by atoms with Gasteiger partial charge in [-0.15, -0.1) is 0 Å². The first kappa shape index (κ1) is 14.6. The zero-order chi connectivity index (χ0) is 15.4. The molecule has 7 heteroatoms. The number of methoxy groups -OCH3 is 2. The largest absolute Gasteiger partial charge is 0.465 e. The molecule has 0 saturated carbocycles. The van der Waals surface area contributed by atoms with Crippen LogP contribution in [0.15, 0.2) is 30.6 Å². The van der Waals surface area contributed by atoms with Crippen LogP contribution in [-0.4, -0.2) is 35.7 Å². The number of nitrogens with zero attached hydrogens (tertiary/aromatic N) is 2. The minimum Gasteiger partial charge on any atom is -0.465 e. The lowest BCUT2D eigenvalue weighted by Gasteiger charge is -2.07. The van der Waals surface area contributed by atoms with Gasteiger partial charge in [-0.25, -0.2) is 9.59 Å². The lowest BCUT2D eigenvalue weighted by atomic mass is 10.2. The van der Waals surface area contributed by atoms with E-state index >= 15 is 0 Å². The van der Waals surface area contributed by atoms with Gasteiger partial charge in [0.1, 0.15) is 5.69 Å².